The number of aryl methyl sites for hydroxylation is 1. The van der Waals surface area contributed by atoms with Gasteiger partial charge >= 0.3 is 0 Å². The van der Waals surface area contributed by atoms with Gasteiger partial charge in [-0.15, -0.1) is 11.3 Å². The van der Waals surface area contributed by atoms with Gasteiger partial charge in [0, 0.05) is 22.7 Å². The third-order valence-corrected chi connectivity index (χ3v) is 6.01. The van der Waals surface area contributed by atoms with Crippen LogP contribution in [0.15, 0.2) is 72.9 Å². The van der Waals surface area contributed by atoms with E-state index in [2.05, 4.69) is 27.5 Å². The van der Waals surface area contributed by atoms with E-state index in [4.69, 9.17) is 0 Å². The molecule has 1 amide bonds. The van der Waals surface area contributed by atoms with Gasteiger partial charge in [0.2, 0.25) is 0 Å². The Bertz CT molecular complexity index is 1340. The summed E-state index contributed by atoms with van der Waals surface area (Å²) in [4.78, 5) is 18.9. The van der Waals surface area contributed by atoms with E-state index in [-0.39, 0.29) is 5.91 Å². The van der Waals surface area contributed by atoms with E-state index in [1.807, 2.05) is 66.2 Å². The van der Waals surface area contributed by atoms with Gasteiger partial charge in [0.05, 0.1) is 22.6 Å². The number of hydrogen-bond acceptors (Lipinski definition) is 4. The zero-order chi connectivity index (χ0) is 19.8. The minimum Gasteiger partial charge on any atom is -0.321 e. The standard InChI is InChI=1S/C23H18N4OS/c1-15-19-13-21(29-23(19)27(26-15)14-16-6-3-2-4-7-16)22(28)25-18-9-10-20-17(12-18)8-5-11-24-20/h2-13H,14H2,1H3,(H,25,28). The van der Waals surface area contributed by atoms with Crippen molar-refractivity contribution >= 4 is 44.1 Å². The number of rotatable bonds is 4. The molecule has 5 rings (SSSR count). The first kappa shape index (κ1) is 17.6. The molecule has 0 fully saturated rings. The van der Waals surface area contributed by atoms with Crippen LogP contribution in [-0.2, 0) is 6.54 Å². The van der Waals surface area contributed by atoms with Crippen molar-refractivity contribution in [1.29, 1.82) is 0 Å². The third-order valence-electron chi connectivity index (χ3n) is 4.87. The summed E-state index contributed by atoms with van der Waals surface area (Å²) >= 11 is 1.47. The van der Waals surface area contributed by atoms with Crippen LogP contribution in [0.2, 0.25) is 0 Å². The predicted octanol–water partition coefficient (Wildman–Crippen LogP) is 5.26. The first-order valence-corrected chi connectivity index (χ1v) is 10.2. The van der Waals surface area contributed by atoms with Crippen LogP contribution in [0, 0.1) is 6.92 Å². The minimum atomic E-state index is -0.111. The first-order valence-electron chi connectivity index (χ1n) is 9.34. The van der Waals surface area contributed by atoms with Gasteiger partial charge in [0.15, 0.2) is 0 Å². The molecule has 0 bridgehead atoms. The molecule has 0 aliphatic rings. The summed E-state index contributed by atoms with van der Waals surface area (Å²) in [5.74, 6) is -0.111. The number of anilines is 1. The van der Waals surface area contributed by atoms with Crippen molar-refractivity contribution in [1.82, 2.24) is 14.8 Å². The van der Waals surface area contributed by atoms with E-state index in [1.54, 1.807) is 6.20 Å². The fourth-order valence-electron chi connectivity index (χ4n) is 3.43. The van der Waals surface area contributed by atoms with Gasteiger partial charge in [0.1, 0.15) is 4.83 Å². The van der Waals surface area contributed by atoms with E-state index >= 15 is 0 Å². The maximum absolute atomic E-state index is 12.9. The number of benzene rings is 2. The molecule has 0 atom stereocenters. The summed E-state index contributed by atoms with van der Waals surface area (Å²) < 4.78 is 1.98. The van der Waals surface area contributed by atoms with Crippen molar-refractivity contribution in [3.05, 3.63) is 89.1 Å². The summed E-state index contributed by atoms with van der Waals surface area (Å²) in [7, 11) is 0. The van der Waals surface area contributed by atoms with E-state index < -0.39 is 0 Å². The highest BCUT2D eigenvalue weighted by Gasteiger charge is 2.17. The number of pyridine rings is 1. The Balaban J connectivity index is 1.43. The van der Waals surface area contributed by atoms with Crippen LogP contribution < -0.4 is 5.32 Å². The molecule has 142 valence electrons. The number of thiophene rings is 1. The lowest BCUT2D eigenvalue weighted by Crippen LogP contribution is -2.10. The highest BCUT2D eigenvalue weighted by molar-refractivity contribution is 7.20. The molecule has 0 saturated heterocycles. The Morgan fingerprint density at radius 1 is 1.07 bits per heavy atom. The molecule has 0 aliphatic carbocycles. The highest BCUT2D eigenvalue weighted by atomic mass is 32.1. The molecule has 3 heterocycles. The molecule has 5 nitrogen and oxygen atoms in total. The van der Waals surface area contributed by atoms with Crippen molar-refractivity contribution in [2.24, 2.45) is 0 Å². The van der Waals surface area contributed by atoms with Crippen LogP contribution in [0.5, 0.6) is 0 Å². The molecular weight excluding hydrogens is 380 g/mol. The van der Waals surface area contributed by atoms with E-state index in [0.717, 1.165) is 32.5 Å². The lowest BCUT2D eigenvalue weighted by Gasteiger charge is -2.05. The lowest BCUT2D eigenvalue weighted by molar-refractivity contribution is 0.103. The number of nitrogens with one attached hydrogen (secondary N) is 1. The summed E-state index contributed by atoms with van der Waals surface area (Å²) in [6.45, 7) is 2.67. The zero-order valence-corrected chi connectivity index (χ0v) is 16.6. The number of carbonyl (C=O) groups is 1. The van der Waals surface area contributed by atoms with Gasteiger partial charge in [-0.25, -0.2) is 0 Å². The van der Waals surface area contributed by atoms with Crippen LogP contribution in [0.25, 0.3) is 21.1 Å². The van der Waals surface area contributed by atoms with Gasteiger partial charge < -0.3 is 5.32 Å². The quantitative estimate of drug-likeness (QED) is 0.449. The molecule has 0 saturated carbocycles. The Hall–Kier alpha value is -3.51. The molecule has 0 unspecified atom stereocenters. The second-order valence-electron chi connectivity index (χ2n) is 6.92. The average Bonchev–Trinajstić information content (AvgIpc) is 3.30. The molecule has 0 aliphatic heterocycles. The van der Waals surface area contributed by atoms with Crippen LogP contribution in [0.3, 0.4) is 0 Å². The molecule has 0 radical (unpaired) electrons. The lowest BCUT2D eigenvalue weighted by atomic mass is 10.2. The average molecular weight is 398 g/mol. The second kappa shape index (κ2) is 7.14. The maximum atomic E-state index is 12.9. The summed E-state index contributed by atoms with van der Waals surface area (Å²) in [6.07, 6.45) is 1.76. The molecule has 0 spiro atoms. The van der Waals surface area contributed by atoms with Crippen molar-refractivity contribution in [2.45, 2.75) is 13.5 Å². The van der Waals surface area contributed by atoms with Crippen LogP contribution in [0.1, 0.15) is 20.9 Å². The third kappa shape index (κ3) is 3.39. The monoisotopic (exact) mass is 398 g/mol. The van der Waals surface area contributed by atoms with Crippen LogP contribution in [-0.4, -0.2) is 20.7 Å². The number of nitrogens with zero attached hydrogens (tertiary/aromatic N) is 3. The molecule has 2 aromatic carbocycles. The maximum Gasteiger partial charge on any atom is 0.265 e. The van der Waals surface area contributed by atoms with Gasteiger partial charge in [-0.1, -0.05) is 36.4 Å². The SMILES string of the molecule is Cc1nn(Cc2ccccc2)c2sc(C(=O)Nc3ccc4ncccc4c3)cc12. The van der Waals surface area contributed by atoms with Gasteiger partial charge in [-0.05, 0) is 42.8 Å². The van der Waals surface area contributed by atoms with Gasteiger partial charge in [0.25, 0.3) is 5.91 Å². The van der Waals surface area contributed by atoms with Gasteiger partial charge in [-0.2, -0.15) is 5.10 Å². The molecular formula is C23H18N4OS. The van der Waals surface area contributed by atoms with E-state index in [0.29, 0.717) is 11.4 Å². The molecule has 29 heavy (non-hydrogen) atoms. The second-order valence-corrected chi connectivity index (χ2v) is 7.95. The highest BCUT2D eigenvalue weighted by Crippen LogP contribution is 2.29. The Morgan fingerprint density at radius 2 is 1.93 bits per heavy atom. The first-order chi connectivity index (χ1) is 14.2. The molecule has 5 aromatic rings. The molecule has 6 heteroatoms. The number of fused-ring (bicyclic) bond motifs is 2. The van der Waals surface area contributed by atoms with Crippen LogP contribution in [0.4, 0.5) is 5.69 Å². The summed E-state index contributed by atoms with van der Waals surface area (Å²) in [5.41, 5.74) is 3.78. The van der Waals surface area contributed by atoms with Gasteiger partial charge in [-0.3, -0.25) is 14.5 Å². The molecule has 1 N–H and O–H groups in total. The zero-order valence-electron chi connectivity index (χ0n) is 15.8. The predicted molar refractivity (Wildman–Crippen MR) is 118 cm³/mol. The Labute approximate surface area is 171 Å². The fraction of sp³-hybridized carbons (Fsp3) is 0.0870. The van der Waals surface area contributed by atoms with Crippen molar-refractivity contribution in [2.75, 3.05) is 5.32 Å². The van der Waals surface area contributed by atoms with Crippen molar-refractivity contribution in [3.8, 4) is 0 Å². The van der Waals surface area contributed by atoms with E-state index in [1.165, 1.54) is 16.9 Å². The summed E-state index contributed by atoms with van der Waals surface area (Å²) in [5, 5.41) is 9.68. The largest absolute Gasteiger partial charge is 0.321 e. The number of carbonyl (C=O) groups excluding carboxylic acids is 1. The smallest absolute Gasteiger partial charge is 0.265 e. The number of hydrogen-bond donors (Lipinski definition) is 1. The fourth-order valence-corrected chi connectivity index (χ4v) is 4.49. The number of aromatic nitrogens is 3. The topological polar surface area (TPSA) is 59.8 Å². The van der Waals surface area contributed by atoms with Crippen LogP contribution >= 0.6 is 11.3 Å². The Morgan fingerprint density at radius 3 is 2.79 bits per heavy atom. The molecule has 3 aromatic heterocycles. The normalized spacial score (nSPS) is 11.2. The summed E-state index contributed by atoms with van der Waals surface area (Å²) in [6, 6.07) is 21.8. The van der Waals surface area contributed by atoms with Crippen molar-refractivity contribution in [3.63, 3.8) is 0 Å². The number of amides is 1. The Kier molecular flexibility index (Phi) is 4.33. The van der Waals surface area contributed by atoms with Crippen molar-refractivity contribution < 1.29 is 4.79 Å². The van der Waals surface area contributed by atoms with E-state index in [9.17, 15) is 4.79 Å². The minimum absolute atomic E-state index is 0.111.